The van der Waals surface area contributed by atoms with Crippen molar-refractivity contribution in [3.05, 3.63) is 69.7 Å². The first-order chi connectivity index (χ1) is 11.5. The van der Waals surface area contributed by atoms with Gasteiger partial charge in [0.05, 0.1) is 12.4 Å². The molecule has 0 fully saturated rings. The van der Waals surface area contributed by atoms with Crippen LogP contribution in [0.5, 0.6) is 0 Å². The third-order valence-electron chi connectivity index (χ3n) is 2.76. The van der Waals surface area contributed by atoms with Gasteiger partial charge in [-0.05, 0) is 35.4 Å². The summed E-state index contributed by atoms with van der Waals surface area (Å²) < 4.78 is 0. The van der Waals surface area contributed by atoms with Gasteiger partial charge < -0.3 is 5.73 Å². The van der Waals surface area contributed by atoms with Gasteiger partial charge in [-0.3, -0.25) is 9.59 Å². The molecule has 0 heterocycles. The Morgan fingerprint density at radius 1 is 0.833 bits per heavy atom. The summed E-state index contributed by atoms with van der Waals surface area (Å²) in [5.41, 5.74) is 6.34. The van der Waals surface area contributed by atoms with Crippen LogP contribution in [0, 0.1) is 0 Å². The highest BCUT2D eigenvalue weighted by molar-refractivity contribution is 6.34. The molecule has 2 rings (SSSR count). The number of benzene rings is 2. The molecule has 0 aliphatic heterocycles. The number of carbonyl (C=O) groups is 2. The zero-order valence-electron chi connectivity index (χ0n) is 12.3. The standard InChI is InChI=1S/C16H12Cl2N4O2/c17-13-5-1-11(2-6-13)9-20-22(16(24)15(19)23)21-10-12-3-7-14(18)8-4-12/h1-10H,(H2,19,23)/b20-9+,21-10+. The Kier molecular flexibility index (Phi) is 6.06. The molecule has 2 amide bonds. The first-order valence-corrected chi connectivity index (χ1v) is 7.44. The van der Waals surface area contributed by atoms with Crippen LogP contribution in [-0.4, -0.2) is 29.4 Å². The van der Waals surface area contributed by atoms with Gasteiger partial charge in [0.2, 0.25) is 0 Å². The minimum absolute atomic E-state index is 0.568. The first kappa shape index (κ1) is 17.7. The second-order valence-corrected chi connectivity index (χ2v) is 5.42. The summed E-state index contributed by atoms with van der Waals surface area (Å²) >= 11 is 11.6. The molecule has 0 aromatic heterocycles. The molecule has 8 heteroatoms. The van der Waals surface area contributed by atoms with Crippen LogP contribution < -0.4 is 5.73 Å². The number of amides is 2. The number of hydrogen-bond acceptors (Lipinski definition) is 4. The number of carbonyl (C=O) groups excluding carboxylic acids is 2. The van der Waals surface area contributed by atoms with Crippen LogP contribution in [0.25, 0.3) is 0 Å². The maximum absolute atomic E-state index is 11.8. The molecule has 0 aliphatic rings. The number of primary amides is 1. The first-order valence-electron chi connectivity index (χ1n) is 6.68. The van der Waals surface area contributed by atoms with Gasteiger partial charge in [0.25, 0.3) is 0 Å². The zero-order valence-corrected chi connectivity index (χ0v) is 13.8. The molecular formula is C16H12Cl2N4O2. The maximum atomic E-state index is 11.8. The summed E-state index contributed by atoms with van der Waals surface area (Å²) in [7, 11) is 0. The molecule has 6 nitrogen and oxygen atoms in total. The Labute approximate surface area is 148 Å². The van der Waals surface area contributed by atoms with Crippen molar-refractivity contribution in [1.29, 1.82) is 0 Å². The van der Waals surface area contributed by atoms with Gasteiger partial charge in [0.1, 0.15) is 0 Å². The van der Waals surface area contributed by atoms with Crippen molar-refractivity contribution in [3.8, 4) is 0 Å². The Balaban J connectivity index is 2.21. The highest BCUT2D eigenvalue weighted by Gasteiger charge is 2.17. The van der Waals surface area contributed by atoms with E-state index in [0.29, 0.717) is 26.3 Å². The van der Waals surface area contributed by atoms with Crippen molar-refractivity contribution in [1.82, 2.24) is 5.12 Å². The van der Waals surface area contributed by atoms with Crippen LogP contribution in [0.1, 0.15) is 11.1 Å². The van der Waals surface area contributed by atoms with E-state index in [2.05, 4.69) is 10.2 Å². The SMILES string of the molecule is NC(=O)C(=O)N(/N=C/c1ccc(Cl)cc1)/N=C/c1ccc(Cl)cc1. The predicted molar refractivity (Wildman–Crippen MR) is 94.1 cm³/mol. The molecule has 0 atom stereocenters. The second-order valence-electron chi connectivity index (χ2n) is 4.55. The number of rotatable bonds is 4. The average Bonchev–Trinajstić information content (AvgIpc) is 2.57. The van der Waals surface area contributed by atoms with E-state index in [1.165, 1.54) is 12.4 Å². The van der Waals surface area contributed by atoms with Crippen LogP contribution in [0.15, 0.2) is 58.7 Å². The van der Waals surface area contributed by atoms with Crippen LogP contribution in [0.4, 0.5) is 0 Å². The highest BCUT2D eigenvalue weighted by atomic mass is 35.5. The van der Waals surface area contributed by atoms with E-state index >= 15 is 0 Å². The van der Waals surface area contributed by atoms with Gasteiger partial charge >= 0.3 is 11.8 Å². The van der Waals surface area contributed by atoms with E-state index in [1.54, 1.807) is 48.5 Å². The minimum Gasteiger partial charge on any atom is -0.361 e. The molecule has 0 bridgehead atoms. The third kappa shape index (κ3) is 5.19. The van der Waals surface area contributed by atoms with Gasteiger partial charge in [-0.15, -0.1) is 5.12 Å². The number of nitrogens with zero attached hydrogens (tertiary/aromatic N) is 3. The summed E-state index contributed by atoms with van der Waals surface area (Å²) in [4.78, 5) is 22.9. The molecule has 0 saturated carbocycles. The van der Waals surface area contributed by atoms with Crippen LogP contribution >= 0.6 is 23.2 Å². The lowest BCUT2D eigenvalue weighted by Gasteiger charge is -2.08. The van der Waals surface area contributed by atoms with Gasteiger partial charge in [0, 0.05) is 10.0 Å². The molecule has 2 N–H and O–H groups in total. The smallest absolute Gasteiger partial charge is 0.352 e. The van der Waals surface area contributed by atoms with Gasteiger partial charge in [0.15, 0.2) is 0 Å². The van der Waals surface area contributed by atoms with Crippen molar-refractivity contribution >= 4 is 47.4 Å². The zero-order chi connectivity index (χ0) is 17.5. The summed E-state index contributed by atoms with van der Waals surface area (Å²) in [6, 6.07) is 13.5. The Bertz CT molecular complexity index is 731. The van der Waals surface area contributed by atoms with E-state index in [0.717, 1.165) is 0 Å². The van der Waals surface area contributed by atoms with Gasteiger partial charge in [-0.25, -0.2) is 0 Å². The lowest BCUT2D eigenvalue weighted by atomic mass is 10.2. The highest BCUT2D eigenvalue weighted by Crippen LogP contribution is 2.09. The van der Waals surface area contributed by atoms with E-state index in [1.807, 2.05) is 0 Å². The molecule has 0 saturated heterocycles. The Hall–Kier alpha value is -2.70. The van der Waals surface area contributed by atoms with Gasteiger partial charge in [-0.2, -0.15) is 10.2 Å². The summed E-state index contributed by atoms with van der Waals surface area (Å²) in [5.74, 6) is -2.23. The molecule has 0 unspecified atom stereocenters. The third-order valence-corrected chi connectivity index (χ3v) is 3.27. The van der Waals surface area contributed by atoms with Crippen LogP contribution in [-0.2, 0) is 9.59 Å². The van der Waals surface area contributed by atoms with Gasteiger partial charge in [-0.1, -0.05) is 47.5 Å². The fourth-order valence-corrected chi connectivity index (χ4v) is 1.83. The van der Waals surface area contributed by atoms with Crippen molar-refractivity contribution in [2.24, 2.45) is 15.9 Å². The van der Waals surface area contributed by atoms with Crippen LogP contribution in [0.3, 0.4) is 0 Å². The van der Waals surface area contributed by atoms with Crippen molar-refractivity contribution in [2.75, 3.05) is 0 Å². The van der Waals surface area contributed by atoms with E-state index in [9.17, 15) is 9.59 Å². The Morgan fingerprint density at radius 3 is 1.54 bits per heavy atom. The lowest BCUT2D eigenvalue weighted by Crippen LogP contribution is -2.34. The van der Waals surface area contributed by atoms with Crippen molar-refractivity contribution < 1.29 is 9.59 Å². The monoisotopic (exact) mass is 362 g/mol. The number of hydrogen-bond donors (Lipinski definition) is 1. The normalized spacial score (nSPS) is 11.1. The molecule has 2 aromatic carbocycles. The minimum atomic E-state index is -1.17. The quantitative estimate of drug-likeness (QED) is 0.514. The van der Waals surface area contributed by atoms with Crippen LogP contribution in [0.2, 0.25) is 10.0 Å². The topological polar surface area (TPSA) is 88.1 Å². The van der Waals surface area contributed by atoms with Crippen molar-refractivity contribution in [3.63, 3.8) is 0 Å². The molecule has 24 heavy (non-hydrogen) atoms. The fraction of sp³-hybridized carbons (Fsp3) is 0. The fourth-order valence-electron chi connectivity index (χ4n) is 1.57. The largest absolute Gasteiger partial charge is 0.361 e. The van der Waals surface area contributed by atoms with E-state index < -0.39 is 11.8 Å². The summed E-state index contributed by atoms with van der Waals surface area (Å²) in [6.45, 7) is 0. The van der Waals surface area contributed by atoms with E-state index in [-0.39, 0.29) is 0 Å². The molecule has 0 radical (unpaired) electrons. The molecule has 0 aliphatic carbocycles. The average molecular weight is 363 g/mol. The molecular weight excluding hydrogens is 351 g/mol. The number of halogens is 2. The lowest BCUT2D eigenvalue weighted by molar-refractivity contribution is -0.144. The molecule has 122 valence electrons. The number of nitrogens with two attached hydrogens (primary N) is 1. The Morgan fingerprint density at radius 2 is 1.21 bits per heavy atom. The molecule has 0 spiro atoms. The number of hydrazone groups is 2. The van der Waals surface area contributed by atoms with Crippen molar-refractivity contribution in [2.45, 2.75) is 0 Å². The second kappa shape index (κ2) is 8.24. The molecule has 2 aromatic rings. The maximum Gasteiger partial charge on any atom is 0.352 e. The summed E-state index contributed by atoms with van der Waals surface area (Å²) in [6.07, 6.45) is 2.72. The van der Waals surface area contributed by atoms with E-state index in [4.69, 9.17) is 28.9 Å². The predicted octanol–water partition coefficient (Wildman–Crippen LogP) is 2.68. The summed E-state index contributed by atoms with van der Waals surface area (Å²) in [5, 5.41) is 9.49.